The Hall–Kier alpha value is -1.10. The van der Waals surface area contributed by atoms with E-state index in [1.54, 1.807) is 18.1 Å². The summed E-state index contributed by atoms with van der Waals surface area (Å²) in [4.78, 5) is 1.64. The molecule has 0 aliphatic heterocycles. The fraction of sp³-hybridized carbons (Fsp3) is 0.800. The van der Waals surface area contributed by atoms with Crippen LogP contribution >= 0.6 is 0 Å². The number of nitrogens with zero attached hydrogens (tertiary/aromatic N) is 3. The average molecular weight is 210 g/mol. The van der Waals surface area contributed by atoms with Crippen molar-refractivity contribution < 1.29 is 4.74 Å². The molecule has 1 heterocycles. The fourth-order valence-corrected chi connectivity index (χ4v) is 2.27. The summed E-state index contributed by atoms with van der Waals surface area (Å²) in [5.41, 5.74) is 5.45. The van der Waals surface area contributed by atoms with E-state index in [1.807, 2.05) is 0 Å². The molecule has 1 aliphatic carbocycles. The van der Waals surface area contributed by atoms with Gasteiger partial charge in [-0.3, -0.25) is 0 Å². The highest BCUT2D eigenvalue weighted by molar-refractivity contribution is 5.19. The molecule has 1 saturated carbocycles. The number of nitrogen functional groups attached to an aromatic ring is 1. The summed E-state index contributed by atoms with van der Waals surface area (Å²) in [7, 11) is 1.78. The second-order valence-corrected chi connectivity index (χ2v) is 4.25. The predicted molar refractivity (Wildman–Crippen MR) is 57.3 cm³/mol. The second-order valence-electron chi connectivity index (χ2n) is 4.25. The molecule has 84 valence electrons. The van der Waals surface area contributed by atoms with Crippen LogP contribution in [-0.4, -0.2) is 27.7 Å². The van der Waals surface area contributed by atoms with Crippen LogP contribution in [0.5, 0.6) is 0 Å². The van der Waals surface area contributed by atoms with Gasteiger partial charge in [0.2, 0.25) is 0 Å². The molecule has 0 bridgehead atoms. The van der Waals surface area contributed by atoms with Gasteiger partial charge in [-0.2, -0.15) is 9.90 Å². The van der Waals surface area contributed by atoms with Gasteiger partial charge in [-0.05, 0) is 12.8 Å². The van der Waals surface area contributed by atoms with Crippen molar-refractivity contribution >= 4 is 5.82 Å². The van der Waals surface area contributed by atoms with E-state index in [1.165, 1.54) is 19.3 Å². The molecule has 2 rings (SSSR count). The van der Waals surface area contributed by atoms with E-state index in [4.69, 9.17) is 10.5 Å². The van der Waals surface area contributed by atoms with Crippen LogP contribution < -0.4 is 5.73 Å². The molecular formula is C10H18N4O. The van der Waals surface area contributed by atoms with E-state index in [9.17, 15) is 0 Å². The molecule has 1 aromatic rings. The molecule has 1 aliphatic rings. The highest BCUT2D eigenvalue weighted by atomic mass is 16.5. The van der Waals surface area contributed by atoms with Crippen molar-refractivity contribution in [3.8, 4) is 0 Å². The summed E-state index contributed by atoms with van der Waals surface area (Å²) in [6.07, 6.45) is 7.51. The number of methoxy groups -OCH3 is 1. The van der Waals surface area contributed by atoms with Crippen LogP contribution in [0, 0.1) is 0 Å². The van der Waals surface area contributed by atoms with Gasteiger partial charge in [0, 0.05) is 7.11 Å². The topological polar surface area (TPSA) is 66.0 Å². The normalized spacial score (nSPS) is 20.3. The third kappa shape index (κ3) is 2.28. The van der Waals surface area contributed by atoms with E-state index < -0.39 is 0 Å². The van der Waals surface area contributed by atoms with Crippen molar-refractivity contribution in [1.82, 2.24) is 15.0 Å². The monoisotopic (exact) mass is 210 g/mol. The molecule has 0 saturated heterocycles. The highest BCUT2D eigenvalue weighted by Crippen LogP contribution is 2.32. The Labute approximate surface area is 89.6 Å². The first-order valence-electron chi connectivity index (χ1n) is 5.45. The Bertz CT molecular complexity index is 317. The Morgan fingerprint density at radius 1 is 1.47 bits per heavy atom. The summed E-state index contributed by atoms with van der Waals surface area (Å²) < 4.78 is 5.65. The van der Waals surface area contributed by atoms with E-state index in [2.05, 4.69) is 10.2 Å². The van der Waals surface area contributed by atoms with Crippen molar-refractivity contribution in [3.63, 3.8) is 0 Å². The molecule has 1 fully saturated rings. The van der Waals surface area contributed by atoms with Crippen LogP contribution in [0.25, 0.3) is 0 Å². The highest BCUT2D eigenvalue weighted by Gasteiger charge is 2.32. The summed E-state index contributed by atoms with van der Waals surface area (Å²) in [6, 6.07) is 0. The summed E-state index contributed by atoms with van der Waals surface area (Å²) in [6.45, 7) is 0.709. The van der Waals surface area contributed by atoms with Gasteiger partial charge in [0.15, 0.2) is 5.82 Å². The molecular weight excluding hydrogens is 192 g/mol. The second kappa shape index (κ2) is 4.18. The summed E-state index contributed by atoms with van der Waals surface area (Å²) >= 11 is 0. The number of aromatic nitrogens is 3. The van der Waals surface area contributed by atoms with Crippen molar-refractivity contribution in [3.05, 3.63) is 6.20 Å². The molecule has 0 atom stereocenters. The number of rotatable bonds is 3. The Balaban J connectivity index is 2.06. The number of nitrogens with two attached hydrogens (primary N) is 1. The molecule has 15 heavy (non-hydrogen) atoms. The van der Waals surface area contributed by atoms with Crippen LogP contribution in [0.1, 0.15) is 32.1 Å². The van der Waals surface area contributed by atoms with Crippen LogP contribution in [0.2, 0.25) is 0 Å². The predicted octanol–water partition coefficient (Wildman–Crippen LogP) is 1.21. The summed E-state index contributed by atoms with van der Waals surface area (Å²) in [5.74, 6) is 0.470. The van der Waals surface area contributed by atoms with Gasteiger partial charge in [0.25, 0.3) is 0 Å². The number of ether oxygens (including phenoxy) is 1. The molecule has 0 aromatic carbocycles. The van der Waals surface area contributed by atoms with E-state index in [0.717, 1.165) is 12.8 Å². The third-order valence-corrected chi connectivity index (χ3v) is 3.18. The maximum absolute atomic E-state index is 5.65. The first kappa shape index (κ1) is 10.4. The van der Waals surface area contributed by atoms with Crippen LogP contribution in [0.3, 0.4) is 0 Å². The maximum atomic E-state index is 5.65. The Kier molecular flexibility index (Phi) is 2.90. The average Bonchev–Trinajstić information content (AvgIpc) is 2.65. The standard InChI is InChI=1S/C10H18N4O/c1-15-10(5-3-2-4-6-10)8-14-12-7-9(11)13-14/h7H,2-6,8H2,1H3,(H2,11,13). The maximum Gasteiger partial charge on any atom is 0.165 e. The van der Waals surface area contributed by atoms with Gasteiger partial charge >= 0.3 is 0 Å². The fourth-order valence-electron chi connectivity index (χ4n) is 2.27. The molecule has 0 spiro atoms. The van der Waals surface area contributed by atoms with Gasteiger partial charge in [-0.1, -0.05) is 19.3 Å². The minimum atomic E-state index is -0.0797. The summed E-state index contributed by atoms with van der Waals surface area (Å²) in [5, 5.41) is 8.20. The van der Waals surface area contributed by atoms with Gasteiger partial charge in [0.1, 0.15) is 0 Å². The molecule has 1 aromatic heterocycles. The molecule has 0 amide bonds. The van der Waals surface area contributed by atoms with Gasteiger partial charge in [-0.15, -0.1) is 5.10 Å². The smallest absolute Gasteiger partial charge is 0.165 e. The number of hydrogen-bond donors (Lipinski definition) is 1. The Morgan fingerprint density at radius 2 is 2.20 bits per heavy atom. The zero-order valence-corrected chi connectivity index (χ0v) is 9.15. The third-order valence-electron chi connectivity index (χ3n) is 3.18. The van der Waals surface area contributed by atoms with Gasteiger partial charge < -0.3 is 10.5 Å². The quantitative estimate of drug-likeness (QED) is 0.814. The van der Waals surface area contributed by atoms with E-state index in [0.29, 0.717) is 12.4 Å². The first-order chi connectivity index (χ1) is 7.24. The lowest BCUT2D eigenvalue weighted by Gasteiger charge is -2.35. The number of anilines is 1. The molecule has 5 nitrogen and oxygen atoms in total. The largest absolute Gasteiger partial charge is 0.381 e. The minimum Gasteiger partial charge on any atom is -0.381 e. The van der Waals surface area contributed by atoms with Crippen molar-refractivity contribution in [2.24, 2.45) is 0 Å². The van der Waals surface area contributed by atoms with Crippen molar-refractivity contribution in [2.75, 3.05) is 12.8 Å². The van der Waals surface area contributed by atoms with E-state index >= 15 is 0 Å². The van der Waals surface area contributed by atoms with Crippen LogP contribution in [0.15, 0.2) is 6.20 Å². The lowest BCUT2D eigenvalue weighted by molar-refractivity contribution is -0.0566. The minimum absolute atomic E-state index is 0.0797. The van der Waals surface area contributed by atoms with Gasteiger partial charge in [0.05, 0.1) is 18.3 Å². The zero-order valence-electron chi connectivity index (χ0n) is 9.15. The lowest BCUT2D eigenvalue weighted by Crippen LogP contribution is -2.39. The molecule has 2 N–H and O–H groups in total. The lowest BCUT2D eigenvalue weighted by atomic mass is 9.85. The van der Waals surface area contributed by atoms with Crippen molar-refractivity contribution in [2.45, 2.75) is 44.2 Å². The van der Waals surface area contributed by atoms with Gasteiger partial charge in [-0.25, -0.2) is 0 Å². The number of hydrogen-bond acceptors (Lipinski definition) is 4. The zero-order chi connectivity index (χ0) is 10.7. The molecule has 5 heteroatoms. The Morgan fingerprint density at radius 3 is 2.73 bits per heavy atom. The van der Waals surface area contributed by atoms with Crippen molar-refractivity contribution in [1.29, 1.82) is 0 Å². The molecule has 0 radical (unpaired) electrons. The SMILES string of the molecule is COC1(Cn2ncc(N)n2)CCCCC1. The van der Waals surface area contributed by atoms with Crippen LogP contribution in [-0.2, 0) is 11.3 Å². The van der Waals surface area contributed by atoms with Crippen LogP contribution in [0.4, 0.5) is 5.82 Å². The first-order valence-corrected chi connectivity index (χ1v) is 5.45. The van der Waals surface area contributed by atoms with E-state index in [-0.39, 0.29) is 5.60 Å². The molecule has 0 unspecified atom stereocenters.